The number of benzene rings is 4. The number of nitrogens with zero attached hydrogens (tertiary/aromatic N) is 2. The number of ketones is 1. The summed E-state index contributed by atoms with van der Waals surface area (Å²) < 4.78 is 5.64. The Kier molecular flexibility index (Phi) is 21.9. The average Bonchev–Trinajstić information content (AvgIpc) is 3.44. The van der Waals surface area contributed by atoms with Crippen LogP contribution in [0.1, 0.15) is 129 Å². The number of Topliss-reactive ketones (excluding diaryl/α,β-unsaturated/α-hetero) is 1. The summed E-state index contributed by atoms with van der Waals surface area (Å²) in [4.78, 5) is 110. The summed E-state index contributed by atoms with van der Waals surface area (Å²) >= 11 is 0. The van der Waals surface area contributed by atoms with Gasteiger partial charge < -0.3 is 40.9 Å². The van der Waals surface area contributed by atoms with Crippen molar-refractivity contribution in [3.8, 4) is 11.8 Å². The largest absolute Gasteiger partial charge is 0.478 e. The molecule has 5 atom stereocenters. The normalized spacial score (nSPS) is 14.3. The number of fused-ring (bicyclic) bond motifs is 2. The fraction of sp³-hybridized carbons (Fsp3) is 0.438. The van der Waals surface area contributed by atoms with Gasteiger partial charge in [0, 0.05) is 60.0 Å². The molecule has 16 heteroatoms. The van der Waals surface area contributed by atoms with Gasteiger partial charge >= 0.3 is 11.9 Å². The van der Waals surface area contributed by atoms with Gasteiger partial charge in [-0.25, -0.2) is 4.79 Å². The van der Waals surface area contributed by atoms with Crippen LogP contribution in [0, 0.1) is 35.0 Å². The maximum atomic E-state index is 14.2. The number of nitrogens with one attached hydrogen (secondary N) is 4. The molecule has 0 fully saturated rings. The summed E-state index contributed by atoms with van der Waals surface area (Å²) in [6, 6.07) is 26.0. The number of carbonyl (C=O) groups excluding carboxylic acids is 7. The second kappa shape index (κ2) is 27.8. The number of hydrogen-bond donors (Lipinski definition) is 5. The maximum Gasteiger partial charge on any atom is 0.331 e. The number of anilines is 2. The van der Waals surface area contributed by atoms with Crippen LogP contribution >= 0.6 is 0 Å². The predicted molar refractivity (Wildman–Crippen MR) is 310 cm³/mol. The van der Waals surface area contributed by atoms with E-state index in [0.717, 1.165) is 16.7 Å². The van der Waals surface area contributed by atoms with E-state index in [1.165, 1.54) is 11.8 Å². The number of aliphatic carboxylic acids is 1. The lowest BCUT2D eigenvalue weighted by Gasteiger charge is -2.40. The number of rotatable bonds is 24. The molecule has 0 saturated carbocycles. The Morgan fingerprint density at radius 3 is 2.01 bits per heavy atom. The number of carboxylic acid groups (broad SMARTS) is 1. The minimum atomic E-state index is -1.08. The van der Waals surface area contributed by atoms with Crippen molar-refractivity contribution in [2.45, 2.75) is 145 Å². The van der Waals surface area contributed by atoms with Gasteiger partial charge in [0.15, 0.2) is 5.78 Å². The van der Waals surface area contributed by atoms with Gasteiger partial charge in [-0.05, 0) is 83.8 Å². The van der Waals surface area contributed by atoms with E-state index in [4.69, 9.17) is 4.74 Å². The van der Waals surface area contributed by atoms with Crippen molar-refractivity contribution < 1.29 is 48.2 Å². The van der Waals surface area contributed by atoms with E-state index in [0.29, 0.717) is 34.6 Å². The molecule has 1 aliphatic rings. The van der Waals surface area contributed by atoms with E-state index in [2.05, 4.69) is 33.1 Å². The summed E-state index contributed by atoms with van der Waals surface area (Å²) in [5, 5.41) is 21.3. The zero-order chi connectivity index (χ0) is 59.2. The van der Waals surface area contributed by atoms with Crippen molar-refractivity contribution >= 4 is 58.6 Å². The first kappa shape index (κ1) is 62.9. The fourth-order valence-corrected chi connectivity index (χ4v) is 9.65. The van der Waals surface area contributed by atoms with Crippen molar-refractivity contribution in [3.05, 3.63) is 142 Å². The summed E-state index contributed by atoms with van der Waals surface area (Å²) in [6.07, 6.45) is 1.16. The molecule has 0 aliphatic carbocycles. The first-order valence-electron chi connectivity index (χ1n) is 27.2. The van der Waals surface area contributed by atoms with Crippen LogP contribution in [0.25, 0.3) is 0 Å². The molecule has 4 aromatic rings. The number of hydrogen-bond acceptors (Lipinski definition) is 10. The third kappa shape index (κ3) is 16.8. The third-order valence-electron chi connectivity index (χ3n) is 14.6. The van der Waals surface area contributed by atoms with Gasteiger partial charge in [0.25, 0.3) is 0 Å². The topological polar surface area (TPSA) is 221 Å². The molecular weight excluding hydrogens is 1010 g/mol. The van der Waals surface area contributed by atoms with Crippen molar-refractivity contribution in [2.24, 2.45) is 23.2 Å². The van der Waals surface area contributed by atoms with Gasteiger partial charge in [0.2, 0.25) is 29.5 Å². The zero-order valence-electron chi connectivity index (χ0n) is 48.6. The Labute approximate surface area is 471 Å². The molecule has 0 radical (unpaired) electrons. The summed E-state index contributed by atoms with van der Waals surface area (Å²) in [5.41, 5.74) is 4.24. The lowest BCUT2D eigenvalue weighted by atomic mass is 9.76. The van der Waals surface area contributed by atoms with E-state index >= 15 is 0 Å². The lowest BCUT2D eigenvalue weighted by molar-refractivity contribution is -0.144. The Hall–Kier alpha value is -7.90. The Bertz CT molecular complexity index is 3020. The van der Waals surface area contributed by atoms with Crippen molar-refractivity contribution in [3.63, 3.8) is 0 Å². The number of amides is 5. The van der Waals surface area contributed by atoms with Crippen LogP contribution in [0.15, 0.2) is 109 Å². The van der Waals surface area contributed by atoms with E-state index in [1.54, 1.807) is 62.3 Å². The van der Waals surface area contributed by atoms with Gasteiger partial charge in [0.1, 0.15) is 12.6 Å². The van der Waals surface area contributed by atoms with Gasteiger partial charge in [-0.1, -0.05) is 154 Å². The SMILES string of the molecule is CNC(C(=O)N[C@H](C(=O)N(C)[C@H](/C=C(\C)C(=O)O)C(C)C)C(C)(C)C)C(C)(C)c1cccc(CC(=O)OCc2ccc(NC(=O)[C@H](C)CC(=O)[C@@H](NC(=O)CCC(=O)N3Cc4ccccc4C#Cc4ccccc43)C(C)C)cc2)c1. The smallest absolute Gasteiger partial charge is 0.331 e. The van der Waals surface area contributed by atoms with Crippen LogP contribution in [0.5, 0.6) is 0 Å². The highest BCUT2D eigenvalue weighted by atomic mass is 16.5. The van der Waals surface area contributed by atoms with Crippen molar-refractivity contribution in [1.82, 2.24) is 20.9 Å². The van der Waals surface area contributed by atoms with Crippen LogP contribution in [-0.4, -0.2) is 95.5 Å². The van der Waals surface area contributed by atoms with E-state index in [1.807, 2.05) is 129 Å². The Balaban J connectivity index is 1.11. The van der Waals surface area contributed by atoms with Gasteiger partial charge in [0.05, 0.1) is 36.8 Å². The Morgan fingerprint density at radius 1 is 0.750 bits per heavy atom. The van der Waals surface area contributed by atoms with E-state index in [9.17, 15) is 43.5 Å². The molecule has 5 rings (SSSR count). The number of likely N-dealkylation sites (N-methyl/N-ethyl adjacent to an activating group) is 2. The van der Waals surface area contributed by atoms with Gasteiger partial charge in [-0.2, -0.15) is 0 Å². The number of ether oxygens (including phenoxy) is 1. The highest BCUT2D eigenvalue weighted by molar-refractivity contribution is 5.99. The number of para-hydroxylation sites is 1. The van der Waals surface area contributed by atoms with Crippen LogP contribution < -0.4 is 26.2 Å². The minimum Gasteiger partial charge on any atom is -0.478 e. The van der Waals surface area contributed by atoms with Crippen LogP contribution in [0.4, 0.5) is 11.4 Å². The van der Waals surface area contributed by atoms with Crippen LogP contribution in [0.3, 0.4) is 0 Å². The first-order valence-corrected chi connectivity index (χ1v) is 27.2. The molecule has 0 spiro atoms. The molecule has 1 aliphatic heterocycles. The molecule has 1 heterocycles. The zero-order valence-corrected chi connectivity index (χ0v) is 48.6. The van der Waals surface area contributed by atoms with Crippen LogP contribution in [0.2, 0.25) is 0 Å². The molecule has 80 heavy (non-hydrogen) atoms. The minimum absolute atomic E-state index is 0.0340. The molecule has 0 aromatic heterocycles. The van der Waals surface area contributed by atoms with Gasteiger partial charge in [-0.3, -0.25) is 33.6 Å². The Morgan fingerprint density at radius 2 is 1.39 bits per heavy atom. The van der Waals surface area contributed by atoms with E-state index < -0.39 is 70.6 Å². The van der Waals surface area contributed by atoms with Crippen LogP contribution in [-0.2, 0) is 68.1 Å². The standard InChI is InChI=1S/C64H80N6O10/c1-39(2)51(33-42(6)62(78)79)69(13)61(77)58(63(7,8)9)68-60(76)57(65-12)64(10,11)48-23-18-19-44(35-48)36-55(74)80-38-43-25-29-49(30-26-43)66-59(75)41(5)34-52(71)56(40(3)4)67-53(72)31-32-54(73)70-37-47-22-15-14-20-45(47)27-28-46-21-16-17-24-50(46)70/h14-26,29-30,33,35,39-41,51,56-58,65H,31-32,34,36-38H2,1-13H3,(H,66,75)(H,67,72)(H,68,76)(H,78,79)/b42-33+/t41-,51-,56+,57?,58-/m1/s1. The van der Waals surface area contributed by atoms with Crippen molar-refractivity contribution in [1.29, 1.82) is 0 Å². The van der Waals surface area contributed by atoms with E-state index in [-0.39, 0.29) is 67.3 Å². The summed E-state index contributed by atoms with van der Waals surface area (Å²) in [7, 11) is 3.28. The van der Waals surface area contributed by atoms with Gasteiger partial charge in [-0.15, -0.1) is 0 Å². The van der Waals surface area contributed by atoms with Crippen molar-refractivity contribution in [2.75, 3.05) is 24.3 Å². The highest BCUT2D eigenvalue weighted by Crippen LogP contribution is 2.31. The fourth-order valence-electron chi connectivity index (χ4n) is 9.65. The monoisotopic (exact) mass is 1090 g/mol. The first-order chi connectivity index (χ1) is 37.6. The molecule has 5 N–H and O–H groups in total. The highest BCUT2D eigenvalue weighted by Gasteiger charge is 2.42. The second-order valence-electron chi connectivity index (χ2n) is 23.1. The quantitative estimate of drug-likeness (QED) is 0.0255. The molecular formula is C64H80N6O10. The third-order valence-corrected chi connectivity index (χ3v) is 14.6. The summed E-state index contributed by atoms with van der Waals surface area (Å²) in [6.45, 7) is 20.2. The summed E-state index contributed by atoms with van der Waals surface area (Å²) in [5.74, 6) is 1.53. The average molecular weight is 1090 g/mol. The number of carbonyl (C=O) groups is 8. The molecule has 0 bridgehead atoms. The second-order valence-corrected chi connectivity index (χ2v) is 23.1. The lowest BCUT2D eigenvalue weighted by Crippen LogP contribution is -2.61. The molecule has 5 amide bonds. The number of carboxylic acids is 1. The molecule has 1 unspecified atom stereocenters. The molecule has 0 saturated heterocycles. The maximum absolute atomic E-state index is 14.2. The molecule has 4 aromatic carbocycles. The molecule has 426 valence electrons. The predicted octanol–water partition coefficient (Wildman–Crippen LogP) is 8.28. The number of esters is 1. The molecule has 16 nitrogen and oxygen atoms in total.